The van der Waals surface area contributed by atoms with Crippen molar-refractivity contribution in [3.05, 3.63) is 125 Å². The number of fused-ring (bicyclic) bond motifs is 2. The molecular formula is C53H60N7O6+. The number of aryl methyl sites for hydroxylation is 1. The van der Waals surface area contributed by atoms with E-state index < -0.39 is 24.3 Å². The van der Waals surface area contributed by atoms with Crippen LogP contribution >= 0.6 is 0 Å². The second-order valence-electron chi connectivity index (χ2n) is 19.2. The van der Waals surface area contributed by atoms with E-state index in [9.17, 15) is 19.2 Å². The van der Waals surface area contributed by atoms with E-state index in [0.29, 0.717) is 31.7 Å². The van der Waals surface area contributed by atoms with Crippen molar-refractivity contribution >= 4 is 57.3 Å². The Hall–Kier alpha value is -6.63. The summed E-state index contributed by atoms with van der Waals surface area (Å²) in [6.07, 6.45) is 19.7. The summed E-state index contributed by atoms with van der Waals surface area (Å²) in [6, 6.07) is 18.1. The standard InChI is InChI=1S/C53H59N7O6/c1-31(2)46(56-52(64)66-5)50(62)59-26-8-13-45(59)53-25-24-40(53)21-23-41(57-53)38-19-18-36-27-35(16-17-37(36)28-38)32-9-6-10-33(15-14-32)44-30-54-48(58(44)3)43-29-39-12-7-11-34-20-22-42(55-51(63)65-4)49(61)60(43)47(34)39/h7,9-12,14-19,23,27-28,30-31,40,42-43,45-46,57H,6,8,13,20-22,24-26,29H2,1-5H3,(H2,55,56,63,64)/p+1. The lowest BCUT2D eigenvalue weighted by molar-refractivity contribution is -0.681. The van der Waals surface area contributed by atoms with Crippen LogP contribution in [0.3, 0.4) is 0 Å². The molecule has 1 aromatic heterocycles. The molecule has 1 saturated heterocycles. The van der Waals surface area contributed by atoms with E-state index >= 15 is 0 Å². The fourth-order valence-corrected chi connectivity index (χ4v) is 11.7. The second kappa shape index (κ2) is 17.3. The van der Waals surface area contributed by atoms with Crippen molar-refractivity contribution in [2.45, 2.75) is 101 Å². The van der Waals surface area contributed by atoms with Crippen LogP contribution < -0.4 is 25.4 Å². The van der Waals surface area contributed by atoms with E-state index in [4.69, 9.17) is 9.47 Å². The number of benzene rings is 3. The van der Waals surface area contributed by atoms with Gasteiger partial charge in [-0.15, -0.1) is 0 Å². The van der Waals surface area contributed by atoms with Gasteiger partial charge in [0.25, 0.3) is 11.7 Å². The van der Waals surface area contributed by atoms with E-state index in [2.05, 4.69) is 110 Å². The van der Waals surface area contributed by atoms with Crippen molar-refractivity contribution in [3.63, 3.8) is 0 Å². The molecule has 4 amide bonds. The molecule has 0 bridgehead atoms. The molecule has 4 aromatic rings. The van der Waals surface area contributed by atoms with Gasteiger partial charge in [-0.25, -0.2) is 19.1 Å². The SMILES string of the molecule is COC(=O)NC1CCc2cccc3c2N(C1=O)C(c1[nH]cc(C2=CCC=C(c4ccc5cc(C6=CCC7CCC7(C7CCCN7C(=O)C(NC(=O)OC)C(C)C)N6)ccc5c4)C=C2)[n+]1C)C3. The first kappa shape index (κ1) is 43.3. The minimum atomic E-state index is -0.683. The summed E-state index contributed by atoms with van der Waals surface area (Å²) in [5, 5.41) is 11.9. The molecule has 0 radical (unpaired) electrons. The molecule has 6 aliphatic rings. The number of likely N-dealkylation sites (tertiary alicyclic amines) is 1. The molecule has 1 saturated carbocycles. The number of aromatic amines is 1. The number of hydrogen-bond donors (Lipinski definition) is 4. The number of aromatic nitrogens is 2. The quantitative estimate of drug-likeness (QED) is 0.127. The number of allylic oxidation sites excluding steroid dienone is 7. The first-order valence-electron chi connectivity index (χ1n) is 23.6. The number of nitrogens with zero attached hydrogens (tertiary/aromatic N) is 3. The van der Waals surface area contributed by atoms with Crippen molar-refractivity contribution in [1.82, 2.24) is 25.8 Å². The van der Waals surface area contributed by atoms with Gasteiger partial charge in [-0.3, -0.25) is 14.5 Å². The number of H-pyrrole nitrogens is 1. The molecule has 2 fully saturated rings. The van der Waals surface area contributed by atoms with Crippen LogP contribution in [0.5, 0.6) is 0 Å². The molecule has 3 aromatic carbocycles. The minimum absolute atomic E-state index is 0.0251. The van der Waals surface area contributed by atoms with Gasteiger partial charge in [-0.2, -0.15) is 0 Å². The highest BCUT2D eigenvalue weighted by Crippen LogP contribution is 2.51. The molecule has 5 heterocycles. The third-order valence-corrected chi connectivity index (χ3v) is 15.3. The normalized spacial score (nSPS) is 24.8. The summed E-state index contributed by atoms with van der Waals surface area (Å²) in [5.74, 6) is 1.15. The van der Waals surface area contributed by atoms with E-state index in [1.54, 1.807) is 0 Å². The van der Waals surface area contributed by atoms with Gasteiger partial charge in [0.2, 0.25) is 5.91 Å². The number of carbonyl (C=O) groups is 4. The monoisotopic (exact) mass is 890 g/mol. The van der Waals surface area contributed by atoms with Gasteiger partial charge in [0.15, 0.2) is 5.69 Å². The average molecular weight is 891 g/mol. The fraction of sp³-hybridized carbons (Fsp3) is 0.415. The molecule has 10 rings (SSSR count). The largest absolute Gasteiger partial charge is 0.453 e. The summed E-state index contributed by atoms with van der Waals surface area (Å²) in [7, 11) is 4.69. The van der Waals surface area contributed by atoms with Crippen LogP contribution in [0.15, 0.2) is 91.2 Å². The van der Waals surface area contributed by atoms with Crippen LogP contribution in [-0.2, 0) is 39.0 Å². The van der Waals surface area contributed by atoms with Gasteiger partial charge in [0.05, 0.1) is 38.5 Å². The number of anilines is 1. The number of methoxy groups -OCH3 is 2. The molecule has 6 atom stereocenters. The molecule has 2 aliphatic carbocycles. The second-order valence-corrected chi connectivity index (χ2v) is 19.2. The third-order valence-electron chi connectivity index (χ3n) is 15.3. The number of amides is 4. The maximum Gasteiger partial charge on any atom is 0.407 e. The maximum absolute atomic E-state index is 14.2. The van der Waals surface area contributed by atoms with Crippen molar-refractivity contribution in [1.29, 1.82) is 0 Å². The highest BCUT2D eigenvalue weighted by atomic mass is 16.5. The van der Waals surface area contributed by atoms with Gasteiger partial charge in [0.1, 0.15) is 24.3 Å². The lowest BCUT2D eigenvalue weighted by Crippen LogP contribution is -2.70. The molecular weight excluding hydrogens is 831 g/mol. The number of para-hydroxylation sites is 1. The Morgan fingerprint density at radius 1 is 0.894 bits per heavy atom. The Morgan fingerprint density at radius 2 is 1.64 bits per heavy atom. The van der Waals surface area contributed by atoms with Crippen molar-refractivity contribution in [3.8, 4) is 0 Å². The molecule has 4 N–H and O–H groups in total. The third kappa shape index (κ3) is 7.46. The van der Waals surface area contributed by atoms with Gasteiger partial charge in [-0.1, -0.05) is 86.7 Å². The predicted molar refractivity (Wildman–Crippen MR) is 254 cm³/mol. The van der Waals surface area contributed by atoms with E-state index in [-0.39, 0.29) is 35.4 Å². The Morgan fingerprint density at radius 3 is 2.39 bits per heavy atom. The van der Waals surface area contributed by atoms with Crippen LogP contribution in [0.4, 0.5) is 15.3 Å². The van der Waals surface area contributed by atoms with Crippen molar-refractivity contribution in [2.24, 2.45) is 18.9 Å². The van der Waals surface area contributed by atoms with Gasteiger partial charge in [0, 0.05) is 24.2 Å². The van der Waals surface area contributed by atoms with Gasteiger partial charge < -0.3 is 30.3 Å². The Bertz CT molecular complexity index is 2770. The zero-order valence-corrected chi connectivity index (χ0v) is 38.5. The molecule has 4 aliphatic heterocycles. The van der Waals surface area contributed by atoms with Gasteiger partial charge in [-0.05, 0) is 114 Å². The maximum atomic E-state index is 14.2. The van der Waals surface area contributed by atoms with E-state index in [1.165, 1.54) is 14.2 Å². The van der Waals surface area contributed by atoms with Crippen LogP contribution in [0, 0.1) is 11.8 Å². The lowest BCUT2D eigenvalue weighted by Gasteiger charge is -2.58. The first-order valence-corrected chi connectivity index (χ1v) is 23.6. The number of nitrogens with one attached hydrogen (secondary N) is 4. The number of rotatable bonds is 9. The highest BCUT2D eigenvalue weighted by molar-refractivity contribution is 6.02. The summed E-state index contributed by atoms with van der Waals surface area (Å²) >= 11 is 0. The molecule has 13 heteroatoms. The Balaban J connectivity index is 0.844. The molecule has 342 valence electrons. The molecule has 66 heavy (non-hydrogen) atoms. The van der Waals surface area contributed by atoms with Crippen molar-refractivity contribution in [2.75, 3.05) is 25.7 Å². The van der Waals surface area contributed by atoms with Crippen LogP contribution in [0.2, 0.25) is 0 Å². The number of ether oxygens (including phenoxy) is 2. The Labute approximate surface area is 386 Å². The van der Waals surface area contributed by atoms with Gasteiger partial charge >= 0.3 is 12.2 Å². The highest BCUT2D eigenvalue weighted by Gasteiger charge is 2.57. The molecule has 0 spiro atoms. The number of imidazole rings is 1. The summed E-state index contributed by atoms with van der Waals surface area (Å²) in [5.41, 5.74) is 9.68. The van der Waals surface area contributed by atoms with Crippen LogP contribution in [0.25, 0.3) is 27.6 Å². The number of carbonyl (C=O) groups excluding carboxylic acids is 4. The lowest BCUT2D eigenvalue weighted by atomic mass is 9.59. The van der Waals surface area contributed by atoms with Crippen molar-refractivity contribution < 1.29 is 33.2 Å². The fourth-order valence-electron chi connectivity index (χ4n) is 11.7. The summed E-state index contributed by atoms with van der Waals surface area (Å²) in [6.45, 7) is 4.62. The molecule has 13 nitrogen and oxygen atoms in total. The topological polar surface area (TPSA) is 149 Å². The van der Waals surface area contributed by atoms with E-state index in [1.807, 2.05) is 36.9 Å². The smallest absolute Gasteiger partial charge is 0.407 e. The summed E-state index contributed by atoms with van der Waals surface area (Å²) in [4.78, 5) is 60.2. The zero-order valence-electron chi connectivity index (χ0n) is 38.5. The average Bonchev–Trinajstić information content (AvgIpc) is 3.99. The van der Waals surface area contributed by atoms with E-state index in [0.717, 1.165) is 106 Å². The molecule has 6 unspecified atom stereocenters. The zero-order chi connectivity index (χ0) is 45.9. The first-order chi connectivity index (χ1) is 32.0. The minimum Gasteiger partial charge on any atom is -0.453 e. The predicted octanol–water partition coefficient (Wildman–Crippen LogP) is 7.58. The number of hydrogen-bond acceptors (Lipinski definition) is 7. The Kier molecular flexibility index (Phi) is 11.3. The van der Waals surface area contributed by atoms with Crippen LogP contribution in [-0.4, -0.2) is 78.3 Å². The summed E-state index contributed by atoms with van der Waals surface area (Å²) < 4.78 is 11.9. The number of alkyl carbamates (subject to hydrolysis) is 2. The van der Waals surface area contributed by atoms with Crippen LogP contribution in [0.1, 0.15) is 98.6 Å².